The van der Waals surface area contributed by atoms with Crippen molar-refractivity contribution < 1.29 is 25.6 Å². The van der Waals surface area contributed by atoms with Gasteiger partial charge < -0.3 is 10.1 Å². The molecule has 1 aromatic carbocycles. The Hall–Kier alpha value is -0.0469. The topological polar surface area (TPSA) is 35.7 Å². The third-order valence-electron chi connectivity index (χ3n) is 4.85. The van der Waals surface area contributed by atoms with Gasteiger partial charge in [-0.15, -0.1) is 12.7 Å². The summed E-state index contributed by atoms with van der Waals surface area (Å²) >= 11 is -0.826. The molecule has 1 aliphatic carbocycles. The maximum atomic E-state index is 5.50. The van der Waals surface area contributed by atoms with Crippen molar-refractivity contribution in [3.8, 4) is 5.75 Å². The zero-order valence-corrected chi connectivity index (χ0v) is 20.7. The first-order chi connectivity index (χ1) is 12.3. The van der Waals surface area contributed by atoms with E-state index in [9.17, 15) is 0 Å². The summed E-state index contributed by atoms with van der Waals surface area (Å²) in [7, 11) is 13.4. The Morgan fingerprint density at radius 2 is 1.85 bits per heavy atom. The van der Waals surface area contributed by atoms with Crippen molar-refractivity contribution in [1.29, 1.82) is 0 Å². The van der Waals surface area contributed by atoms with E-state index >= 15 is 0 Å². The van der Waals surface area contributed by atoms with Gasteiger partial charge in [-0.2, -0.15) is 0 Å². The van der Waals surface area contributed by atoms with Gasteiger partial charge in [0.25, 0.3) is 0 Å². The molecule has 0 amide bonds. The second-order valence-electron chi connectivity index (χ2n) is 7.77. The quantitative estimate of drug-likeness (QED) is 0.430. The first-order valence-electron chi connectivity index (χ1n) is 9.10. The van der Waals surface area contributed by atoms with Crippen LogP contribution in [0.4, 0.5) is 5.69 Å². The molecule has 146 valence electrons. The molecule has 0 saturated heterocycles. The Labute approximate surface area is 178 Å². The molecule has 1 aliphatic rings. The van der Waals surface area contributed by atoms with Crippen molar-refractivity contribution in [1.82, 2.24) is 0 Å². The van der Waals surface area contributed by atoms with E-state index in [1.165, 1.54) is 31.2 Å². The number of hydrogen-bond donors (Lipinski definition) is 0. The van der Waals surface area contributed by atoms with Gasteiger partial charge in [0, 0.05) is 6.21 Å². The molecule has 2 atom stereocenters. The summed E-state index contributed by atoms with van der Waals surface area (Å²) in [5.41, 5.74) is 3.32. The third kappa shape index (κ3) is 7.17. The van der Waals surface area contributed by atoms with Crippen LogP contribution in [0.2, 0.25) is 0 Å². The van der Waals surface area contributed by atoms with Gasteiger partial charge in [-0.3, -0.25) is 4.99 Å². The molecule has 0 aliphatic heterocycles. The summed E-state index contributed by atoms with van der Waals surface area (Å²) in [6.07, 6.45) is 7.15. The number of rotatable bonds is 4. The van der Waals surface area contributed by atoms with Gasteiger partial charge >= 0.3 is 37.9 Å². The van der Waals surface area contributed by atoms with E-state index in [2.05, 4.69) is 45.1 Å². The second kappa shape index (κ2) is 11.7. The molecule has 2 rings (SSSR count). The van der Waals surface area contributed by atoms with E-state index in [0.717, 1.165) is 17.0 Å². The van der Waals surface area contributed by atoms with Crippen molar-refractivity contribution in [2.24, 2.45) is 10.9 Å². The molecule has 2 unspecified atom stereocenters. The third-order valence-corrected chi connectivity index (χ3v) is 4.85. The summed E-state index contributed by atoms with van der Waals surface area (Å²) < 4.78 is 5.50. The molecule has 0 N–H and O–H groups in total. The zero-order chi connectivity index (χ0) is 19.7. The molecule has 0 radical (unpaired) electrons. The van der Waals surface area contributed by atoms with Crippen LogP contribution in [0.3, 0.4) is 0 Å². The summed E-state index contributed by atoms with van der Waals surface area (Å²) in [6, 6.07) is 4.59. The Balaban J connectivity index is 0.00000105. The first-order valence-corrected chi connectivity index (χ1v) is 15.4. The molecule has 0 aromatic heterocycles. The fourth-order valence-corrected chi connectivity index (χ4v) is 3.36. The zero-order valence-electron chi connectivity index (χ0n) is 16.8. The average Bonchev–Trinajstić information content (AvgIpc) is 2.60. The van der Waals surface area contributed by atoms with Crippen molar-refractivity contribution in [2.75, 3.05) is 14.2 Å². The van der Waals surface area contributed by atoms with Gasteiger partial charge in [0.2, 0.25) is 0 Å². The average molecular weight is 478 g/mol. The molecule has 1 aromatic rings. The number of aliphatic imine (C=N–C) groups is 1. The summed E-state index contributed by atoms with van der Waals surface area (Å²) in [5, 5.41) is 4.55. The van der Waals surface area contributed by atoms with Crippen LogP contribution in [0, 0.1) is 5.92 Å². The number of methoxy groups -OCH3 is 1. The van der Waals surface area contributed by atoms with Crippen LogP contribution in [0.5, 0.6) is 5.75 Å². The van der Waals surface area contributed by atoms with E-state index in [-0.39, 0.29) is 5.41 Å². The fraction of sp³-hybridized carbons (Fsp3) is 0.650. The van der Waals surface area contributed by atoms with Gasteiger partial charge in [0.15, 0.2) is 0 Å². The van der Waals surface area contributed by atoms with Crippen LogP contribution in [0.25, 0.3) is 5.32 Å². The van der Waals surface area contributed by atoms with Gasteiger partial charge in [0.05, 0.1) is 13.2 Å². The van der Waals surface area contributed by atoms with Gasteiger partial charge in [0.1, 0.15) is 5.75 Å². The van der Waals surface area contributed by atoms with Crippen LogP contribution < -0.4 is 4.74 Å². The molecular weight excluding hydrogens is 446 g/mol. The standard InChI is InChI=1S/C20H31N2O.2ClH.Zr/c1-14-9-7-8-10-18(14)22-13-15-11-16(23-6)12-17(19(15)21-5)20(2,3)4;;;/h11-14,18H,7-10H2,1-6H3;2*1H;/q-1;;;+2/p-2. The van der Waals surface area contributed by atoms with Crippen LogP contribution in [0.1, 0.15) is 64.5 Å². The molecule has 0 spiro atoms. The SMILES string of the molecule is C[N-]c1c(C=NC2CCCCC2C)cc(OC)cc1C(C)(C)C.[Cl][Zr][Cl]. The van der Waals surface area contributed by atoms with Crippen LogP contribution in [-0.2, 0) is 26.3 Å². The van der Waals surface area contributed by atoms with Gasteiger partial charge in [-0.1, -0.05) is 46.1 Å². The van der Waals surface area contributed by atoms with E-state index in [4.69, 9.17) is 26.8 Å². The summed E-state index contributed by atoms with van der Waals surface area (Å²) in [6.45, 7) is 8.94. The minimum atomic E-state index is -0.826. The van der Waals surface area contributed by atoms with E-state index in [0.29, 0.717) is 12.0 Å². The Kier molecular flexibility index (Phi) is 10.8. The normalized spacial score (nSPS) is 20.3. The Morgan fingerprint density at radius 3 is 2.35 bits per heavy atom. The molecular formula is C20H31Cl2N2OZr-. The Morgan fingerprint density at radius 1 is 1.23 bits per heavy atom. The molecule has 1 fully saturated rings. The fourth-order valence-electron chi connectivity index (χ4n) is 3.36. The van der Waals surface area contributed by atoms with Gasteiger partial charge in [-0.25, -0.2) is 0 Å². The van der Waals surface area contributed by atoms with Crippen molar-refractivity contribution in [2.45, 2.75) is 64.8 Å². The number of hydrogen-bond acceptors (Lipinski definition) is 2. The van der Waals surface area contributed by atoms with Gasteiger partial charge in [-0.05, 0) is 41.9 Å². The molecule has 1 saturated carbocycles. The van der Waals surface area contributed by atoms with Crippen molar-refractivity contribution in [3.05, 3.63) is 28.6 Å². The monoisotopic (exact) mass is 475 g/mol. The van der Waals surface area contributed by atoms with E-state index in [1.54, 1.807) is 7.11 Å². The molecule has 0 bridgehead atoms. The molecule has 3 nitrogen and oxygen atoms in total. The number of benzene rings is 1. The van der Waals surface area contributed by atoms with E-state index < -0.39 is 20.8 Å². The number of nitrogens with zero attached hydrogens (tertiary/aromatic N) is 2. The van der Waals surface area contributed by atoms with E-state index in [1.807, 2.05) is 13.3 Å². The minimum absolute atomic E-state index is 0.0180. The molecule has 26 heavy (non-hydrogen) atoms. The van der Waals surface area contributed by atoms with Crippen LogP contribution in [-0.4, -0.2) is 26.4 Å². The predicted octanol–water partition coefficient (Wildman–Crippen LogP) is 7.00. The maximum absolute atomic E-state index is 5.50. The summed E-state index contributed by atoms with van der Waals surface area (Å²) in [4.78, 5) is 4.90. The molecule has 6 heteroatoms. The van der Waals surface area contributed by atoms with Crippen LogP contribution >= 0.6 is 17.0 Å². The van der Waals surface area contributed by atoms with Crippen molar-refractivity contribution in [3.63, 3.8) is 0 Å². The van der Waals surface area contributed by atoms with Crippen molar-refractivity contribution >= 4 is 28.9 Å². The summed E-state index contributed by atoms with van der Waals surface area (Å²) in [5.74, 6) is 1.55. The second-order valence-corrected chi connectivity index (χ2v) is 11.5. The molecule has 0 heterocycles. The number of halogens is 2. The Bertz CT molecular complexity index is 588. The van der Waals surface area contributed by atoms with Crippen LogP contribution in [0.15, 0.2) is 17.1 Å². The number of ether oxygens (including phenoxy) is 1. The predicted molar refractivity (Wildman–Crippen MR) is 111 cm³/mol. The first kappa shape index (κ1) is 24.0.